The summed E-state index contributed by atoms with van der Waals surface area (Å²) in [6, 6.07) is 5.40. The molecule has 0 saturated heterocycles. The van der Waals surface area contributed by atoms with Crippen LogP contribution in [0.2, 0.25) is 0 Å². The molecule has 0 spiro atoms. The Morgan fingerprint density at radius 3 is 2.87 bits per heavy atom. The van der Waals surface area contributed by atoms with Crippen LogP contribution < -0.4 is 0 Å². The smallest absolute Gasteiger partial charge is 0.188 e. The molecule has 0 aliphatic rings. The molecule has 0 atom stereocenters. The first-order valence-electron chi connectivity index (χ1n) is 4.24. The van der Waals surface area contributed by atoms with Gasteiger partial charge >= 0.3 is 0 Å². The summed E-state index contributed by atoms with van der Waals surface area (Å²) < 4.78 is 2.72. The van der Waals surface area contributed by atoms with E-state index in [2.05, 4.69) is 31.0 Å². The van der Waals surface area contributed by atoms with Gasteiger partial charge in [-0.05, 0) is 6.07 Å². The van der Waals surface area contributed by atoms with Gasteiger partial charge in [-0.3, -0.25) is 0 Å². The largest absolute Gasteiger partial charge is 0.317 e. The zero-order valence-corrected chi connectivity index (χ0v) is 9.56. The summed E-state index contributed by atoms with van der Waals surface area (Å²) in [7, 11) is 1.87. The van der Waals surface area contributed by atoms with Crippen molar-refractivity contribution < 1.29 is 0 Å². The Balaban J connectivity index is 2.63. The van der Waals surface area contributed by atoms with Gasteiger partial charge in [-0.25, -0.2) is 4.85 Å². The number of hydrogen-bond donors (Lipinski definition) is 0. The molecule has 15 heavy (non-hydrogen) atoms. The highest BCUT2D eigenvalue weighted by Gasteiger charge is 2.09. The first kappa shape index (κ1) is 9.87. The topological polar surface area (TPSA) is 35.1 Å². The van der Waals surface area contributed by atoms with E-state index in [9.17, 15) is 0 Å². The van der Waals surface area contributed by atoms with E-state index in [1.54, 1.807) is 18.5 Å². The molecule has 2 rings (SSSR count). The van der Waals surface area contributed by atoms with Crippen molar-refractivity contribution in [3.8, 4) is 11.4 Å². The lowest BCUT2D eigenvalue weighted by Crippen LogP contribution is -1.91. The maximum absolute atomic E-state index is 6.96. The zero-order chi connectivity index (χ0) is 10.8. The number of halogens is 1. The predicted molar refractivity (Wildman–Crippen MR) is 60.4 cm³/mol. The number of hydrogen-bond acceptors (Lipinski definition) is 2. The summed E-state index contributed by atoms with van der Waals surface area (Å²) in [5, 5.41) is 7.81. The van der Waals surface area contributed by atoms with Gasteiger partial charge in [-0.2, -0.15) is 0 Å². The lowest BCUT2D eigenvalue weighted by atomic mass is 10.2. The van der Waals surface area contributed by atoms with Crippen molar-refractivity contribution >= 4 is 21.6 Å². The van der Waals surface area contributed by atoms with Crippen molar-refractivity contribution in [2.45, 2.75) is 0 Å². The molecule has 0 amide bonds. The first-order chi connectivity index (χ1) is 7.22. The van der Waals surface area contributed by atoms with Crippen molar-refractivity contribution in [3.63, 3.8) is 0 Å². The van der Waals surface area contributed by atoms with Gasteiger partial charge in [0.15, 0.2) is 11.5 Å². The lowest BCUT2D eigenvalue weighted by molar-refractivity contribution is 0.919. The maximum atomic E-state index is 6.96. The van der Waals surface area contributed by atoms with E-state index in [1.165, 1.54) is 0 Å². The Morgan fingerprint density at radius 2 is 2.27 bits per heavy atom. The average Bonchev–Trinajstić information content (AvgIpc) is 2.65. The molecule has 0 bridgehead atoms. The van der Waals surface area contributed by atoms with Gasteiger partial charge in [-0.1, -0.05) is 28.1 Å². The summed E-state index contributed by atoms with van der Waals surface area (Å²) in [5.41, 5.74) is 1.47. The van der Waals surface area contributed by atoms with Crippen LogP contribution in [0.4, 0.5) is 5.69 Å². The second kappa shape index (κ2) is 3.83. The molecular formula is C10H7BrN4. The molecule has 1 aromatic heterocycles. The number of aromatic nitrogens is 3. The summed E-state index contributed by atoms with van der Waals surface area (Å²) in [5.74, 6) is 0.743. The van der Waals surface area contributed by atoms with E-state index in [-0.39, 0.29) is 0 Å². The fourth-order valence-corrected chi connectivity index (χ4v) is 1.71. The highest BCUT2D eigenvalue weighted by molar-refractivity contribution is 9.10. The Bertz CT molecular complexity index is 539. The van der Waals surface area contributed by atoms with Crippen LogP contribution in [0.3, 0.4) is 0 Å². The van der Waals surface area contributed by atoms with Crippen LogP contribution in [0.15, 0.2) is 29.0 Å². The van der Waals surface area contributed by atoms with Gasteiger partial charge in [-0.15, -0.1) is 10.2 Å². The van der Waals surface area contributed by atoms with Crippen LogP contribution in [0.5, 0.6) is 0 Å². The highest BCUT2D eigenvalue weighted by Crippen LogP contribution is 2.30. The molecular weight excluding hydrogens is 256 g/mol. The van der Waals surface area contributed by atoms with Crippen LogP contribution in [-0.2, 0) is 7.05 Å². The van der Waals surface area contributed by atoms with Gasteiger partial charge in [0.2, 0.25) is 0 Å². The Labute approximate surface area is 95.5 Å². The van der Waals surface area contributed by atoms with E-state index in [0.29, 0.717) is 5.69 Å². The van der Waals surface area contributed by atoms with Crippen molar-refractivity contribution in [2.24, 2.45) is 7.05 Å². The van der Waals surface area contributed by atoms with Crippen molar-refractivity contribution in [1.82, 2.24) is 14.8 Å². The van der Waals surface area contributed by atoms with E-state index in [4.69, 9.17) is 6.57 Å². The zero-order valence-electron chi connectivity index (χ0n) is 7.98. The Hall–Kier alpha value is -1.67. The number of rotatable bonds is 1. The summed E-state index contributed by atoms with van der Waals surface area (Å²) in [6.07, 6.45) is 1.63. The SMILES string of the molecule is [C-]#[N+]c1ccc(Br)c(-c2nncn2C)c1. The summed E-state index contributed by atoms with van der Waals surface area (Å²) >= 11 is 3.43. The normalized spacial score (nSPS) is 9.93. The molecule has 0 fully saturated rings. The molecule has 2 aromatic rings. The fourth-order valence-electron chi connectivity index (χ4n) is 1.28. The van der Waals surface area contributed by atoms with Gasteiger partial charge in [0.25, 0.3) is 0 Å². The molecule has 0 unspecified atom stereocenters. The van der Waals surface area contributed by atoms with Crippen molar-refractivity contribution in [2.75, 3.05) is 0 Å². The quantitative estimate of drug-likeness (QED) is 0.741. The number of benzene rings is 1. The van der Waals surface area contributed by atoms with E-state index < -0.39 is 0 Å². The predicted octanol–water partition coefficient (Wildman–Crippen LogP) is 2.80. The van der Waals surface area contributed by atoms with Crippen LogP contribution in [0, 0.1) is 6.57 Å². The standard InChI is InChI=1S/C10H7BrN4/c1-12-7-3-4-9(11)8(5-7)10-14-13-6-15(10)2/h3-6H,2H3. The maximum Gasteiger partial charge on any atom is 0.188 e. The Morgan fingerprint density at radius 1 is 1.47 bits per heavy atom. The molecule has 1 heterocycles. The van der Waals surface area contributed by atoms with Crippen LogP contribution >= 0.6 is 15.9 Å². The Kier molecular flexibility index (Phi) is 2.52. The van der Waals surface area contributed by atoms with Gasteiger partial charge in [0.05, 0.1) is 6.57 Å². The third-order valence-corrected chi connectivity index (χ3v) is 2.72. The van der Waals surface area contributed by atoms with Gasteiger partial charge < -0.3 is 4.57 Å². The van der Waals surface area contributed by atoms with Crippen LogP contribution in [-0.4, -0.2) is 14.8 Å². The molecule has 0 aliphatic carbocycles. The van der Waals surface area contributed by atoms with E-state index in [1.807, 2.05) is 17.7 Å². The van der Waals surface area contributed by atoms with Crippen molar-refractivity contribution in [3.05, 3.63) is 40.4 Å². The second-order valence-electron chi connectivity index (χ2n) is 3.04. The molecule has 0 N–H and O–H groups in total. The fraction of sp³-hybridized carbons (Fsp3) is 0.100. The molecule has 0 saturated carbocycles. The molecule has 1 aromatic carbocycles. The third kappa shape index (κ3) is 1.76. The number of nitrogens with zero attached hydrogens (tertiary/aromatic N) is 4. The molecule has 74 valence electrons. The third-order valence-electron chi connectivity index (χ3n) is 2.03. The van der Waals surface area contributed by atoms with E-state index >= 15 is 0 Å². The second-order valence-corrected chi connectivity index (χ2v) is 3.90. The lowest BCUT2D eigenvalue weighted by Gasteiger charge is -2.03. The monoisotopic (exact) mass is 262 g/mol. The highest BCUT2D eigenvalue weighted by atomic mass is 79.9. The minimum absolute atomic E-state index is 0.594. The van der Waals surface area contributed by atoms with Crippen LogP contribution in [0.25, 0.3) is 16.2 Å². The molecule has 0 radical (unpaired) electrons. The molecule has 0 aliphatic heterocycles. The van der Waals surface area contributed by atoms with Gasteiger partial charge in [0.1, 0.15) is 6.33 Å². The van der Waals surface area contributed by atoms with Crippen molar-refractivity contribution in [1.29, 1.82) is 0 Å². The van der Waals surface area contributed by atoms with Crippen LogP contribution in [0.1, 0.15) is 0 Å². The average molecular weight is 263 g/mol. The minimum Gasteiger partial charge on any atom is -0.317 e. The summed E-state index contributed by atoms with van der Waals surface area (Å²) in [4.78, 5) is 3.38. The minimum atomic E-state index is 0.594. The van der Waals surface area contributed by atoms with Gasteiger partial charge in [0, 0.05) is 17.1 Å². The number of aryl methyl sites for hydroxylation is 1. The first-order valence-corrected chi connectivity index (χ1v) is 5.03. The molecule has 5 heteroatoms. The molecule has 4 nitrogen and oxygen atoms in total. The van der Waals surface area contributed by atoms with E-state index in [0.717, 1.165) is 15.9 Å². The summed E-state index contributed by atoms with van der Waals surface area (Å²) in [6.45, 7) is 6.96.